The Labute approximate surface area is 126 Å². The fourth-order valence-electron chi connectivity index (χ4n) is 3.25. The Morgan fingerprint density at radius 1 is 1.19 bits per heavy atom. The van der Waals surface area contributed by atoms with E-state index in [1.807, 2.05) is 0 Å². The minimum Gasteiger partial charge on any atom is -0.496 e. The number of nitrogens with two attached hydrogens (primary N) is 1. The van der Waals surface area contributed by atoms with E-state index in [1.54, 1.807) is 7.11 Å². The number of fused-ring (bicyclic) bond motifs is 1. The van der Waals surface area contributed by atoms with E-state index < -0.39 is 0 Å². The molecule has 0 bridgehead atoms. The highest BCUT2D eigenvalue weighted by Crippen LogP contribution is 2.36. The minimum absolute atomic E-state index is 0.505. The summed E-state index contributed by atoms with van der Waals surface area (Å²) in [6, 6.07) is 13.2. The van der Waals surface area contributed by atoms with E-state index in [4.69, 9.17) is 10.5 Å². The molecule has 1 aliphatic rings. The van der Waals surface area contributed by atoms with Gasteiger partial charge in [-0.3, -0.25) is 4.90 Å². The van der Waals surface area contributed by atoms with Crippen LogP contribution in [-0.2, 0) is 6.54 Å². The standard InChI is InChI=1S/C18H24N2O/c1-20(17(11-19)13-7-8-13)12-14-9-10-18(21-2)16-6-4-3-5-15(14)16/h3-6,9-10,13,17H,7-8,11-12,19H2,1-2H3. The van der Waals surface area contributed by atoms with Gasteiger partial charge < -0.3 is 10.5 Å². The van der Waals surface area contributed by atoms with Gasteiger partial charge in [0.15, 0.2) is 0 Å². The van der Waals surface area contributed by atoms with Crippen molar-refractivity contribution in [3.63, 3.8) is 0 Å². The van der Waals surface area contributed by atoms with E-state index in [2.05, 4.69) is 48.3 Å². The number of benzene rings is 2. The lowest BCUT2D eigenvalue weighted by molar-refractivity contribution is 0.216. The lowest BCUT2D eigenvalue weighted by Gasteiger charge is -2.27. The van der Waals surface area contributed by atoms with E-state index >= 15 is 0 Å². The Bertz CT molecular complexity index is 622. The van der Waals surface area contributed by atoms with Crippen molar-refractivity contribution in [1.29, 1.82) is 0 Å². The Morgan fingerprint density at radius 3 is 2.52 bits per heavy atom. The van der Waals surface area contributed by atoms with Crippen molar-refractivity contribution >= 4 is 10.8 Å². The van der Waals surface area contributed by atoms with Crippen LogP contribution in [0.25, 0.3) is 10.8 Å². The van der Waals surface area contributed by atoms with Crippen molar-refractivity contribution in [1.82, 2.24) is 4.90 Å². The second-order valence-corrected chi connectivity index (χ2v) is 6.03. The van der Waals surface area contributed by atoms with Crippen molar-refractivity contribution in [2.45, 2.75) is 25.4 Å². The normalized spacial score (nSPS) is 16.4. The molecule has 0 spiro atoms. The van der Waals surface area contributed by atoms with E-state index in [1.165, 1.54) is 29.2 Å². The predicted octanol–water partition coefficient (Wildman–Crippen LogP) is 3.02. The summed E-state index contributed by atoms with van der Waals surface area (Å²) in [5.74, 6) is 1.74. The summed E-state index contributed by atoms with van der Waals surface area (Å²) in [5, 5.41) is 2.46. The third kappa shape index (κ3) is 2.89. The van der Waals surface area contributed by atoms with Crippen LogP contribution in [0.3, 0.4) is 0 Å². The van der Waals surface area contributed by atoms with Gasteiger partial charge in [-0.05, 0) is 42.8 Å². The van der Waals surface area contributed by atoms with E-state index in [9.17, 15) is 0 Å². The van der Waals surface area contributed by atoms with Crippen LogP contribution in [0.5, 0.6) is 5.75 Å². The maximum atomic E-state index is 5.96. The molecule has 0 heterocycles. The molecule has 3 heteroatoms. The summed E-state index contributed by atoms with van der Waals surface area (Å²) in [6.45, 7) is 1.68. The summed E-state index contributed by atoms with van der Waals surface area (Å²) in [5.41, 5.74) is 7.31. The maximum Gasteiger partial charge on any atom is 0.126 e. The first-order chi connectivity index (χ1) is 10.2. The summed E-state index contributed by atoms with van der Waals surface area (Å²) >= 11 is 0. The Balaban J connectivity index is 1.90. The maximum absolute atomic E-state index is 5.96. The number of methoxy groups -OCH3 is 1. The zero-order valence-electron chi connectivity index (χ0n) is 12.9. The molecule has 0 aromatic heterocycles. The molecular formula is C18H24N2O. The number of likely N-dealkylation sites (N-methyl/N-ethyl adjacent to an activating group) is 1. The minimum atomic E-state index is 0.505. The molecule has 1 unspecified atom stereocenters. The SMILES string of the molecule is COc1ccc(CN(C)C(CN)C2CC2)c2ccccc12. The van der Waals surface area contributed by atoms with Gasteiger partial charge in [-0.25, -0.2) is 0 Å². The van der Waals surface area contributed by atoms with Gasteiger partial charge in [0.2, 0.25) is 0 Å². The van der Waals surface area contributed by atoms with Gasteiger partial charge in [0, 0.05) is 24.5 Å². The largest absolute Gasteiger partial charge is 0.496 e. The second kappa shape index (κ2) is 6.04. The van der Waals surface area contributed by atoms with Gasteiger partial charge in [-0.15, -0.1) is 0 Å². The van der Waals surface area contributed by atoms with Crippen LogP contribution in [0.15, 0.2) is 36.4 Å². The molecule has 0 aliphatic heterocycles. The molecule has 1 fully saturated rings. The van der Waals surface area contributed by atoms with Gasteiger partial charge in [0.1, 0.15) is 5.75 Å². The monoisotopic (exact) mass is 284 g/mol. The van der Waals surface area contributed by atoms with Crippen LogP contribution in [0, 0.1) is 5.92 Å². The van der Waals surface area contributed by atoms with E-state index in [0.717, 1.165) is 24.8 Å². The fraction of sp³-hybridized carbons (Fsp3) is 0.444. The summed E-state index contributed by atoms with van der Waals surface area (Å²) in [4.78, 5) is 2.41. The van der Waals surface area contributed by atoms with Gasteiger partial charge in [-0.1, -0.05) is 30.3 Å². The van der Waals surface area contributed by atoms with Crippen LogP contribution in [0.2, 0.25) is 0 Å². The number of nitrogens with zero attached hydrogens (tertiary/aromatic N) is 1. The van der Waals surface area contributed by atoms with Crippen LogP contribution in [0.4, 0.5) is 0 Å². The molecule has 2 aromatic rings. The first-order valence-corrected chi connectivity index (χ1v) is 7.69. The summed E-state index contributed by atoms with van der Waals surface area (Å²) in [7, 11) is 3.92. The quantitative estimate of drug-likeness (QED) is 0.886. The van der Waals surface area contributed by atoms with Crippen LogP contribution in [-0.4, -0.2) is 31.6 Å². The first kappa shape index (κ1) is 14.4. The van der Waals surface area contributed by atoms with Crippen molar-refractivity contribution in [2.24, 2.45) is 11.7 Å². The lowest BCUT2D eigenvalue weighted by atomic mass is 10.0. The average Bonchev–Trinajstić information content (AvgIpc) is 3.33. The highest BCUT2D eigenvalue weighted by atomic mass is 16.5. The van der Waals surface area contributed by atoms with Crippen molar-refractivity contribution in [3.05, 3.63) is 42.0 Å². The Kier molecular flexibility index (Phi) is 4.13. The van der Waals surface area contributed by atoms with Crippen molar-refractivity contribution in [2.75, 3.05) is 20.7 Å². The van der Waals surface area contributed by atoms with Crippen molar-refractivity contribution < 1.29 is 4.74 Å². The number of hydrogen-bond donors (Lipinski definition) is 1. The Hall–Kier alpha value is -1.58. The molecule has 21 heavy (non-hydrogen) atoms. The molecule has 2 aromatic carbocycles. The predicted molar refractivity (Wildman–Crippen MR) is 87.5 cm³/mol. The Morgan fingerprint density at radius 2 is 1.90 bits per heavy atom. The number of rotatable bonds is 6. The van der Waals surface area contributed by atoms with Crippen LogP contribution >= 0.6 is 0 Å². The molecular weight excluding hydrogens is 260 g/mol. The third-order valence-corrected chi connectivity index (χ3v) is 4.59. The smallest absolute Gasteiger partial charge is 0.126 e. The highest BCUT2D eigenvalue weighted by molar-refractivity contribution is 5.91. The van der Waals surface area contributed by atoms with Crippen molar-refractivity contribution in [3.8, 4) is 5.75 Å². The summed E-state index contributed by atoms with van der Waals surface area (Å²) in [6.07, 6.45) is 2.66. The average molecular weight is 284 g/mol. The van der Waals surface area contributed by atoms with Gasteiger partial charge in [-0.2, -0.15) is 0 Å². The molecule has 3 rings (SSSR count). The highest BCUT2D eigenvalue weighted by Gasteiger charge is 2.32. The fourth-order valence-corrected chi connectivity index (χ4v) is 3.25. The molecule has 112 valence electrons. The molecule has 0 amide bonds. The molecule has 0 radical (unpaired) electrons. The summed E-state index contributed by atoms with van der Waals surface area (Å²) < 4.78 is 5.47. The topological polar surface area (TPSA) is 38.5 Å². The van der Waals surface area contributed by atoms with Crippen LogP contribution < -0.4 is 10.5 Å². The number of ether oxygens (including phenoxy) is 1. The zero-order chi connectivity index (χ0) is 14.8. The molecule has 1 saturated carbocycles. The molecule has 3 nitrogen and oxygen atoms in total. The zero-order valence-corrected chi connectivity index (χ0v) is 12.9. The van der Waals surface area contributed by atoms with Crippen LogP contribution in [0.1, 0.15) is 18.4 Å². The molecule has 1 atom stereocenters. The van der Waals surface area contributed by atoms with E-state index in [0.29, 0.717) is 6.04 Å². The first-order valence-electron chi connectivity index (χ1n) is 7.69. The molecule has 0 saturated heterocycles. The van der Waals surface area contributed by atoms with E-state index in [-0.39, 0.29) is 0 Å². The molecule has 1 aliphatic carbocycles. The second-order valence-electron chi connectivity index (χ2n) is 6.03. The number of hydrogen-bond acceptors (Lipinski definition) is 3. The third-order valence-electron chi connectivity index (χ3n) is 4.59. The van der Waals surface area contributed by atoms with Gasteiger partial charge in [0.05, 0.1) is 7.11 Å². The molecule has 2 N–H and O–H groups in total. The lowest BCUT2D eigenvalue weighted by Crippen LogP contribution is -2.39. The van der Waals surface area contributed by atoms with Gasteiger partial charge in [0.25, 0.3) is 0 Å². The van der Waals surface area contributed by atoms with Gasteiger partial charge >= 0.3 is 0 Å².